The summed E-state index contributed by atoms with van der Waals surface area (Å²) in [7, 11) is 1.47. The average Bonchev–Trinajstić information content (AvgIpc) is 3.09. The van der Waals surface area contributed by atoms with Gasteiger partial charge in [0.2, 0.25) is 0 Å². The number of carbonyl (C=O) groups is 2. The van der Waals surface area contributed by atoms with E-state index in [2.05, 4.69) is 20.8 Å². The van der Waals surface area contributed by atoms with Gasteiger partial charge in [-0.1, -0.05) is 20.8 Å². The molecule has 4 rings (SSSR count). The molecule has 0 radical (unpaired) electrons. The SMILES string of the molecule is COC(=O)CC[C@@H](C)[C@H]1CCC2C3C(CC[C@@]21C)[C@@]1(C)CC[C@@H](OC(C)=O)C[C@H]1C[C@@H]3O. The first-order valence-electron chi connectivity index (χ1n) is 13.0. The maximum atomic E-state index is 11.7. The maximum absolute atomic E-state index is 11.7. The fraction of sp³-hybridized carbons (Fsp3) is 0.926. The highest BCUT2D eigenvalue weighted by Gasteiger charge is 2.63. The second-order valence-corrected chi connectivity index (χ2v) is 12.1. The molecule has 0 saturated heterocycles. The van der Waals surface area contributed by atoms with Crippen molar-refractivity contribution < 1.29 is 24.2 Å². The zero-order chi connectivity index (χ0) is 23.3. The van der Waals surface area contributed by atoms with Crippen molar-refractivity contribution in [1.82, 2.24) is 0 Å². The van der Waals surface area contributed by atoms with Gasteiger partial charge in [-0.2, -0.15) is 0 Å². The van der Waals surface area contributed by atoms with Crippen molar-refractivity contribution in [3.05, 3.63) is 0 Å². The third-order valence-corrected chi connectivity index (χ3v) is 10.8. The van der Waals surface area contributed by atoms with Crippen molar-refractivity contribution >= 4 is 11.9 Å². The maximum Gasteiger partial charge on any atom is 0.305 e. The highest BCUT2D eigenvalue weighted by Crippen LogP contribution is 2.68. The molecule has 4 aliphatic rings. The van der Waals surface area contributed by atoms with Gasteiger partial charge in [-0.3, -0.25) is 9.59 Å². The van der Waals surface area contributed by atoms with Crippen LogP contribution >= 0.6 is 0 Å². The minimum Gasteiger partial charge on any atom is -0.469 e. The van der Waals surface area contributed by atoms with Crippen molar-refractivity contribution in [2.24, 2.45) is 46.3 Å². The monoisotopic (exact) mass is 448 g/mol. The standard InChI is InChI=1S/C27H44O5/c1-16(6-9-24(30)31-5)20-7-8-21-25-22(11-13-27(20,21)4)26(3)12-10-19(32-17(2)28)14-18(26)15-23(25)29/h16,18-23,25,29H,6-15H2,1-5H3/t16-,18+,19-,20-,21?,22?,23+,25?,26+,27-/m1/s1. The molecule has 182 valence electrons. The molecule has 0 aromatic rings. The van der Waals surface area contributed by atoms with Gasteiger partial charge in [-0.25, -0.2) is 0 Å². The summed E-state index contributed by atoms with van der Waals surface area (Å²) in [6.07, 6.45) is 9.85. The highest BCUT2D eigenvalue weighted by molar-refractivity contribution is 5.69. The van der Waals surface area contributed by atoms with Crippen molar-refractivity contribution in [3.63, 3.8) is 0 Å². The number of hydrogen-bond donors (Lipinski definition) is 1. The number of esters is 2. The first-order valence-corrected chi connectivity index (χ1v) is 13.0. The van der Waals surface area contributed by atoms with Crippen LogP contribution in [0.15, 0.2) is 0 Å². The molecule has 0 aliphatic heterocycles. The van der Waals surface area contributed by atoms with E-state index in [1.807, 2.05) is 0 Å². The van der Waals surface area contributed by atoms with Crippen LogP contribution in [0, 0.1) is 46.3 Å². The third-order valence-electron chi connectivity index (χ3n) is 10.8. The molecule has 5 heteroatoms. The van der Waals surface area contributed by atoms with Gasteiger partial charge >= 0.3 is 11.9 Å². The molecule has 1 N–H and O–H groups in total. The Labute approximate surface area is 194 Å². The topological polar surface area (TPSA) is 72.8 Å². The molecule has 0 bridgehead atoms. The first-order chi connectivity index (χ1) is 15.1. The van der Waals surface area contributed by atoms with Crippen molar-refractivity contribution in [3.8, 4) is 0 Å². The number of rotatable bonds is 5. The molecular formula is C27H44O5. The summed E-state index contributed by atoms with van der Waals surface area (Å²) in [5.41, 5.74) is 0.506. The van der Waals surface area contributed by atoms with E-state index in [4.69, 9.17) is 9.47 Å². The summed E-state index contributed by atoms with van der Waals surface area (Å²) in [5, 5.41) is 11.5. The lowest BCUT2D eigenvalue weighted by molar-refractivity contribution is -0.182. The van der Waals surface area contributed by atoms with Crippen LogP contribution in [0.2, 0.25) is 0 Å². The van der Waals surface area contributed by atoms with Gasteiger partial charge in [-0.15, -0.1) is 0 Å². The van der Waals surface area contributed by atoms with Gasteiger partial charge in [0.15, 0.2) is 0 Å². The number of aliphatic hydroxyl groups is 1. The van der Waals surface area contributed by atoms with Crippen molar-refractivity contribution in [1.29, 1.82) is 0 Å². The number of methoxy groups -OCH3 is 1. The van der Waals surface area contributed by atoms with Crippen LogP contribution in [-0.4, -0.2) is 36.4 Å². The number of aliphatic hydroxyl groups excluding tert-OH is 1. The lowest BCUT2D eigenvalue weighted by atomic mass is 9.43. The third kappa shape index (κ3) is 4.01. The van der Waals surface area contributed by atoms with Crippen molar-refractivity contribution in [2.45, 2.75) is 104 Å². The van der Waals surface area contributed by atoms with Crippen LogP contribution in [0.1, 0.15) is 91.9 Å². The van der Waals surface area contributed by atoms with Crippen LogP contribution in [0.5, 0.6) is 0 Å². The van der Waals surface area contributed by atoms with E-state index >= 15 is 0 Å². The second kappa shape index (κ2) is 8.92. The zero-order valence-corrected chi connectivity index (χ0v) is 20.8. The molecule has 0 aromatic carbocycles. The fourth-order valence-corrected chi connectivity index (χ4v) is 9.15. The Bertz CT molecular complexity index is 721. The molecule has 4 aliphatic carbocycles. The van der Waals surface area contributed by atoms with E-state index in [0.29, 0.717) is 41.9 Å². The summed E-state index contributed by atoms with van der Waals surface area (Å²) in [5.74, 6) is 2.81. The Morgan fingerprint density at radius 2 is 1.72 bits per heavy atom. The summed E-state index contributed by atoms with van der Waals surface area (Å²) in [4.78, 5) is 23.2. The quantitative estimate of drug-likeness (QED) is 0.590. The summed E-state index contributed by atoms with van der Waals surface area (Å²) in [6, 6.07) is 0. The predicted molar refractivity (Wildman–Crippen MR) is 123 cm³/mol. The van der Waals surface area contributed by atoms with Crippen LogP contribution in [0.4, 0.5) is 0 Å². The molecule has 0 amide bonds. The molecule has 0 aromatic heterocycles. The Morgan fingerprint density at radius 1 is 1.03 bits per heavy atom. The average molecular weight is 449 g/mol. The smallest absolute Gasteiger partial charge is 0.305 e. The predicted octanol–water partition coefficient (Wildman–Crippen LogP) is 5.14. The van der Waals surface area contributed by atoms with Gasteiger partial charge in [0.05, 0.1) is 13.2 Å². The van der Waals surface area contributed by atoms with Gasteiger partial charge in [-0.05, 0) is 104 Å². The number of ether oxygens (including phenoxy) is 2. The Hall–Kier alpha value is -1.10. The summed E-state index contributed by atoms with van der Waals surface area (Å²) < 4.78 is 10.4. The largest absolute Gasteiger partial charge is 0.469 e. The van der Waals surface area contributed by atoms with E-state index in [0.717, 1.165) is 32.1 Å². The number of fused-ring (bicyclic) bond motifs is 5. The minimum atomic E-state index is -0.247. The highest BCUT2D eigenvalue weighted by atomic mass is 16.5. The lowest BCUT2D eigenvalue weighted by Gasteiger charge is -2.62. The molecule has 4 fully saturated rings. The van der Waals surface area contributed by atoms with Crippen LogP contribution in [0.25, 0.3) is 0 Å². The normalized spacial score (nSPS) is 46.4. The Balaban J connectivity index is 1.49. The van der Waals surface area contributed by atoms with E-state index in [-0.39, 0.29) is 35.0 Å². The van der Waals surface area contributed by atoms with Crippen LogP contribution in [0.3, 0.4) is 0 Å². The van der Waals surface area contributed by atoms with Crippen molar-refractivity contribution in [2.75, 3.05) is 7.11 Å². The Morgan fingerprint density at radius 3 is 2.41 bits per heavy atom. The summed E-state index contributed by atoms with van der Waals surface area (Å²) in [6.45, 7) is 8.78. The van der Waals surface area contributed by atoms with Gasteiger partial charge < -0.3 is 14.6 Å². The first kappa shape index (κ1) is 24.0. The summed E-state index contributed by atoms with van der Waals surface area (Å²) >= 11 is 0. The number of hydrogen-bond acceptors (Lipinski definition) is 5. The van der Waals surface area contributed by atoms with Gasteiger partial charge in [0, 0.05) is 13.3 Å². The van der Waals surface area contributed by atoms with Gasteiger partial charge in [0.25, 0.3) is 0 Å². The molecule has 3 unspecified atom stereocenters. The van der Waals surface area contributed by atoms with Crippen LogP contribution in [-0.2, 0) is 19.1 Å². The minimum absolute atomic E-state index is 0.0229. The second-order valence-electron chi connectivity index (χ2n) is 12.1. The van der Waals surface area contributed by atoms with E-state index < -0.39 is 0 Å². The van der Waals surface area contributed by atoms with Gasteiger partial charge in [0.1, 0.15) is 6.10 Å². The molecule has 0 spiro atoms. The molecule has 32 heavy (non-hydrogen) atoms. The van der Waals surface area contributed by atoms with E-state index in [1.165, 1.54) is 39.7 Å². The zero-order valence-electron chi connectivity index (χ0n) is 20.8. The van der Waals surface area contributed by atoms with Crippen LogP contribution < -0.4 is 0 Å². The Kier molecular flexibility index (Phi) is 6.70. The van der Waals surface area contributed by atoms with E-state index in [9.17, 15) is 14.7 Å². The number of carbonyl (C=O) groups excluding carboxylic acids is 2. The molecule has 0 heterocycles. The fourth-order valence-electron chi connectivity index (χ4n) is 9.15. The molecule has 4 saturated carbocycles. The van der Waals surface area contributed by atoms with E-state index in [1.54, 1.807) is 0 Å². The lowest BCUT2D eigenvalue weighted by Crippen LogP contribution is -2.58. The molecular weight excluding hydrogens is 404 g/mol. The molecule has 5 nitrogen and oxygen atoms in total. The molecule has 10 atom stereocenters.